The van der Waals surface area contributed by atoms with Gasteiger partial charge in [-0.2, -0.15) is 0 Å². The van der Waals surface area contributed by atoms with Gasteiger partial charge in [-0.15, -0.1) is 0 Å². The quantitative estimate of drug-likeness (QED) is 0.854. The number of pyridine rings is 2. The molecule has 6 heteroatoms. The van der Waals surface area contributed by atoms with Crippen LogP contribution in [-0.4, -0.2) is 48.5 Å². The van der Waals surface area contributed by atoms with Crippen molar-refractivity contribution in [1.29, 1.82) is 0 Å². The van der Waals surface area contributed by atoms with Gasteiger partial charge in [0, 0.05) is 24.7 Å². The molecule has 4 rings (SSSR count). The minimum absolute atomic E-state index is 0.692. The molecule has 22 heavy (non-hydrogen) atoms. The van der Waals surface area contributed by atoms with E-state index in [1.54, 1.807) is 6.20 Å². The Balaban J connectivity index is 1.87. The maximum absolute atomic E-state index is 6.48. The predicted molar refractivity (Wildman–Crippen MR) is 88.1 cm³/mol. The maximum Gasteiger partial charge on any atom is 0.130 e. The first-order valence-corrected chi connectivity index (χ1v) is 7.70. The van der Waals surface area contributed by atoms with E-state index in [0.29, 0.717) is 24.8 Å². The van der Waals surface area contributed by atoms with Crippen LogP contribution in [0.3, 0.4) is 0 Å². The van der Waals surface area contributed by atoms with Gasteiger partial charge in [0.1, 0.15) is 17.0 Å². The van der Waals surface area contributed by atoms with Crippen LogP contribution in [0.4, 0.5) is 5.82 Å². The Morgan fingerprint density at radius 2 is 2.09 bits per heavy atom. The van der Waals surface area contributed by atoms with E-state index in [4.69, 9.17) is 21.3 Å². The molecule has 0 aliphatic carbocycles. The number of aromatic nitrogens is 2. The highest BCUT2D eigenvalue weighted by molar-refractivity contribution is 6.36. The maximum atomic E-state index is 6.48. The fraction of sp³-hybridized carbons (Fsp3) is 0.312. The Morgan fingerprint density at radius 1 is 1.23 bits per heavy atom. The number of hydrogen-bond acceptors (Lipinski definition) is 5. The van der Waals surface area contributed by atoms with Crippen molar-refractivity contribution in [3.8, 4) is 0 Å². The molecule has 0 saturated carbocycles. The molecule has 0 amide bonds. The number of ether oxygens (including phenoxy) is 1. The van der Waals surface area contributed by atoms with Crippen LogP contribution in [0.25, 0.3) is 10.9 Å². The fourth-order valence-electron chi connectivity index (χ4n) is 2.76. The van der Waals surface area contributed by atoms with E-state index in [1.807, 2.05) is 24.3 Å². The minimum Gasteiger partial charge on any atom is -0.378 e. The van der Waals surface area contributed by atoms with Gasteiger partial charge in [0.2, 0.25) is 0 Å². The third-order valence-electron chi connectivity index (χ3n) is 3.88. The average Bonchev–Trinajstić information content (AvgIpc) is 3.09. The molecule has 2 aliphatic rings. The van der Waals surface area contributed by atoms with E-state index < -0.39 is 0 Å². The Kier molecular flexibility index (Phi) is 3.52. The largest absolute Gasteiger partial charge is 0.378 e. The second-order valence-electron chi connectivity index (χ2n) is 5.25. The molecular formula is C16H15ClN4O. The van der Waals surface area contributed by atoms with Gasteiger partial charge in [-0.1, -0.05) is 17.7 Å². The number of hydrogen-bond donors (Lipinski definition) is 0. The Morgan fingerprint density at radius 3 is 2.86 bits per heavy atom. The van der Waals surface area contributed by atoms with Gasteiger partial charge in [0.05, 0.1) is 30.5 Å². The average molecular weight is 315 g/mol. The molecule has 0 N–H and O–H groups in total. The lowest BCUT2D eigenvalue weighted by Gasteiger charge is -2.28. The highest BCUT2D eigenvalue weighted by atomic mass is 35.5. The molecule has 0 aromatic carbocycles. The Bertz CT molecular complexity index is 781. The summed E-state index contributed by atoms with van der Waals surface area (Å²) in [7, 11) is 0. The molecule has 0 bridgehead atoms. The smallest absolute Gasteiger partial charge is 0.130 e. The molecule has 2 aromatic heterocycles. The number of fused-ring (bicyclic) bond motifs is 1. The standard InChI is InChI=1S/C16H15ClN4O/c17-12-10-14(21-6-8-22-9-7-21)20-15-11(12)3-5-19-16(15)13-2-1-4-18-13/h1-3,5,10H,4,6-9H2. The highest BCUT2D eigenvalue weighted by Crippen LogP contribution is 2.29. The number of rotatable bonds is 2. The van der Waals surface area contributed by atoms with Crippen LogP contribution in [-0.2, 0) is 4.74 Å². The van der Waals surface area contributed by atoms with Crippen molar-refractivity contribution in [2.45, 2.75) is 0 Å². The van der Waals surface area contributed by atoms with Gasteiger partial charge >= 0.3 is 0 Å². The van der Waals surface area contributed by atoms with Crippen LogP contribution < -0.4 is 4.90 Å². The zero-order chi connectivity index (χ0) is 14.9. The van der Waals surface area contributed by atoms with Crippen LogP contribution in [0.2, 0.25) is 5.02 Å². The fourth-order valence-corrected chi connectivity index (χ4v) is 3.01. The first-order chi connectivity index (χ1) is 10.8. The lowest BCUT2D eigenvalue weighted by molar-refractivity contribution is 0.122. The van der Waals surface area contributed by atoms with Crippen molar-refractivity contribution in [2.75, 3.05) is 37.7 Å². The summed E-state index contributed by atoms with van der Waals surface area (Å²) in [6.45, 7) is 3.78. The summed E-state index contributed by atoms with van der Waals surface area (Å²) < 4.78 is 5.40. The zero-order valence-electron chi connectivity index (χ0n) is 12.0. The van der Waals surface area contributed by atoms with Crippen LogP contribution in [0.5, 0.6) is 0 Å². The molecule has 0 spiro atoms. The van der Waals surface area contributed by atoms with Gasteiger partial charge in [-0.25, -0.2) is 4.98 Å². The number of morpholine rings is 1. The van der Waals surface area contributed by atoms with Crippen molar-refractivity contribution in [3.05, 3.63) is 41.2 Å². The van der Waals surface area contributed by atoms with Gasteiger partial charge in [-0.05, 0) is 18.2 Å². The number of nitrogens with zero attached hydrogens (tertiary/aromatic N) is 4. The van der Waals surface area contributed by atoms with Crippen LogP contribution in [0, 0.1) is 0 Å². The summed E-state index contributed by atoms with van der Waals surface area (Å²) in [5.41, 5.74) is 2.47. The molecule has 1 fully saturated rings. The van der Waals surface area contributed by atoms with E-state index in [9.17, 15) is 0 Å². The zero-order valence-corrected chi connectivity index (χ0v) is 12.8. The molecule has 2 aliphatic heterocycles. The normalized spacial score (nSPS) is 18.0. The summed E-state index contributed by atoms with van der Waals surface area (Å²) in [4.78, 5) is 15.9. The van der Waals surface area contributed by atoms with Crippen molar-refractivity contribution < 1.29 is 4.74 Å². The molecule has 2 aromatic rings. The summed E-state index contributed by atoms with van der Waals surface area (Å²) in [5, 5.41) is 1.60. The SMILES string of the molecule is Clc1cc(N2CCOCC2)nc2c(C3=NCC=C3)nccc12. The van der Waals surface area contributed by atoms with Crippen LogP contribution >= 0.6 is 11.6 Å². The van der Waals surface area contributed by atoms with Crippen molar-refractivity contribution in [1.82, 2.24) is 9.97 Å². The third-order valence-corrected chi connectivity index (χ3v) is 4.20. The van der Waals surface area contributed by atoms with Crippen molar-refractivity contribution in [2.24, 2.45) is 4.99 Å². The lowest BCUT2D eigenvalue weighted by Crippen LogP contribution is -2.36. The Labute approximate surface area is 133 Å². The molecule has 0 unspecified atom stereocenters. The number of anilines is 1. The summed E-state index contributed by atoms with van der Waals surface area (Å²) in [6.07, 6.45) is 5.76. The summed E-state index contributed by atoms with van der Waals surface area (Å²) in [5.74, 6) is 0.873. The van der Waals surface area contributed by atoms with Gasteiger partial charge in [-0.3, -0.25) is 9.98 Å². The predicted octanol–water partition coefficient (Wildman–Crippen LogP) is 2.48. The topological polar surface area (TPSA) is 50.6 Å². The second kappa shape index (κ2) is 5.66. The molecule has 4 heterocycles. The molecular weight excluding hydrogens is 300 g/mol. The molecule has 5 nitrogen and oxygen atoms in total. The summed E-state index contributed by atoms with van der Waals surface area (Å²) >= 11 is 6.48. The third kappa shape index (κ3) is 2.36. The number of aliphatic imine (C=N–C) groups is 1. The summed E-state index contributed by atoms with van der Waals surface area (Å²) in [6, 6.07) is 3.82. The lowest BCUT2D eigenvalue weighted by atomic mass is 10.1. The Hall–Kier alpha value is -1.98. The minimum atomic E-state index is 0.692. The number of allylic oxidation sites excluding steroid dienone is 1. The van der Waals surface area contributed by atoms with E-state index >= 15 is 0 Å². The van der Waals surface area contributed by atoms with E-state index in [0.717, 1.165) is 41.2 Å². The second-order valence-corrected chi connectivity index (χ2v) is 5.65. The molecule has 0 radical (unpaired) electrons. The van der Waals surface area contributed by atoms with Gasteiger partial charge in [0.15, 0.2) is 0 Å². The van der Waals surface area contributed by atoms with Crippen LogP contribution in [0.15, 0.2) is 35.5 Å². The highest BCUT2D eigenvalue weighted by Gasteiger charge is 2.18. The van der Waals surface area contributed by atoms with E-state index in [2.05, 4.69) is 14.9 Å². The van der Waals surface area contributed by atoms with Crippen molar-refractivity contribution >= 4 is 34.0 Å². The first kappa shape index (κ1) is 13.7. The van der Waals surface area contributed by atoms with Gasteiger partial charge in [0.25, 0.3) is 0 Å². The first-order valence-electron chi connectivity index (χ1n) is 7.32. The van der Waals surface area contributed by atoms with Crippen molar-refractivity contribution in [3.63, 3.8) is 0 Å². The molecule has 1 saturated heterocycles. The van der Waals surface area contributed by atoms with E-state index in [-0.39, 0.29) is 0 Å². The number of halogens is 1. The van der Waals surface area contributed by atoms with Crippen LogP contribution in [0.1, 0.15) is 5.69 Å². The molecule has 112 valence electrons. The van der Waals surface area contributed by atoms with Gasteiger partial charge < -0.3 is 9.64 Å². The molecule has 0 atom stereocenters. The monoisotopic (exact) mass is 314 g/mol. The van der Waals surface area contributed by atoms with E-state index in [1.165, 1.54) is 0 Å².